The Hall–Kier alpha value is -3.51. The minimum Gasteiger partial charge on any atom is -0.480 e. The highest BCUT2D eigenvalue weighted by molar-refractivity contribution is 7.53. The van der Waals surface area contributed by atoms with Crippen LogP contribution in [0.15, 0.2) is 37.1 Å². The van der Waals surface area contributed by atoms with Gasteiger partial charge in [-0.25, -0.2) is 9.97 Å². The van der Waals surface area contributed by atoms with Crippen molar-refractivity contribution in [2.75, 3.05) is 19.6 Å². The summed E-state index contributed by atoms with van der Waals surface area (Å²) in [4.78, 5) is 33.0. The molecule has 38 heavy (non-hydrogen) atoms. The van der Waals surface area contributed by atoms with Crippen molar-refractivity contribution < 1.29 is 32.7 Å². The fourth-order valence-electron chi connectivity index (χ4n) is 3.62. The number of Topliss-reactive ketones (excluding diaryl/α,β-unsaturated/α-hetero) is 1. The zero-order chi connectivity index (χ0) is 27.9. The molecule has 0 atom stereocenters. The van der Waals surface area contributed by atoms with Crippen LogP contribution in [0.3, 0.4) is 0 Å². The highest BCUT2D eigenvalue weighted by Crippen LogP contribution is 2.48. The summed E-state index contributed by atoms with van der Waals surface area (Å²) in [5, 5.41) is 0.583. The maximum absolute atomic E-state index is 13.0. The highest BCUT2D eigenvalue weighted by atomic mass is 31.2. The van der Waals surface area contributed by atoms with Crippen LogP contribution in [0.1, 0.15) is 63.0 Å². The van der Waals surface area contributed by atoms with Crippen molar-refractivity contribution >= 4 is 30.3 Å². The Morgan fingerprint density at radius 2 is 1.71 bits per heavy atom. The standard InChI is InChI=1S/C27H32N3O7P/c1-7-35-38(33,36-8-2)18-34-25-12-24-22(11-21(25)10-9-20-13-28-17-29-14-20)23(19(3)31)15-30(24)16-26(32)37-27(4,5)6/h11-15,17H,7-8,16,18H2,1-6H3. The maximum atomic E-state index is 13.0. The van der Waals surface area contributed by atoms with E-state index in [-0.39, 0.29) is 37.6 Å². The Morgan fingerprint density at radius 3 is 2.29 bits per heavy atom. The van der Waals surface area contributed by atoms with Gasteiger partial charge in [0.05, 0.1) is 29.9 Å². The smallest absolute Gasteiger partial charge is 0.367 e. The number of carbonyl (C=O) groups is 2. The summed E-state index contributed by atoms with van der Waals surface area (Å²) in [6, 6.07) is 3.36. The van der Waals surface area contributed by atoms with Gasteiger partial charge < -0.3 is 23.1 Å². The van der Waals surface area contributed by atoms with E-state index >= 15 is 0 Å². The summed E-state index contributed by atoms with van der Waals surface area (Å²) in [5.41, 5.74) is 1.30. The Morgan fingerprint density at radius 1 is 1.05 bits per heavy atom. The van der Waals surface area contributed by atoms with Crippen LogP contribution in [0.2, 0.25) is 0 Å². The summed E-state index contributed by atoms with van der Waals surface area (Å²) in [6.45, 7) is 10.5. The molecule has 0 unspecified atom stereocenters. The first-order valence-electron chi connectivity index (χ1n) is 12.1. The lowest BCUT2D eigenvalue weighted by atomic mass is 10.1. The van der Waals surface area contributed by atoms with Gasteiger partial charge in [0.15, 0.2) is 12.1 Å². The van der Waals surface area contributed by atoms with E-state index in [9.17, 15) is 14.2 Å². The van der Waals surface area contributed by atoms with E-state index in [1.807, 2.05) is 0 Å². The zero-order valence-electron chi connectivity index (χ0n) is 22.4. The summed E-state index contributed by atoms with van der Waals surface area (Å²) >= 11 is 0. The predicted octanol–water partition coefficient (Wildman–Crippen LogP) is 4.98. The molecule has 0 saturated carbocycles. The van der Waals surface area contributed by atoms with Gasteiger partial charge in [0.1, 0.15) is 24.2 Å². The fraction of sp³-hybridized carbons (Fsp3) is 0.407. The summed E-state index contributed by atoms with van der Waals surface area (Å²) in [6.07, 6.45) is 5.78. The molecule has 0 N–H and O–H groups in total. The number of hydrogen-bond donors (Lipinski definition) is 0. The van der Waals surface area contributed by atoms with Gasteiger partial charge in [0.2, 0.25) is 0 Å². The maximum Gasteiger partial charge on any atom is 0.367 e. The fourth-order valence-corrected chi connectivity index (χ4v) is 4.92. The lowest BCUT2D eigenvalue weighted by molar-refractivity contribution is -0.155. The molecule has 2 heterocycles. The van der Waals surface area contributed by atoms with E-state index in [0.717, 1.165) is 0 Å². The second-order valence-corrected chi connectivity index (χ2v) is 11.3. The Labute approximate surface area is 222 Å². The molecule has 1 aromatic carbocycles. The van der Waals surface area contributed by atoms with Crippen molar-refractivity contribution in [1.29, 1.82) is 0 Å². The van der Waals surface area contributed by atoms with Crippen LogP contribution in [0.4, 0.5) is 0 Å². The molecule has 0 bridgehead atoms. The van der Waals surface area contributed by atoms with E-state index in [0.29, 0.717) is 27.6 Å². The highest BCUT2D eigenvalue weighted by Gasteiger charge is 2.26. The van der Waals surface area contributed by atoms with Crippen molar-refractivity contribution in [3.8, 4) is 17.6 Å². The lowest BCUT2D eigenvalue weighted by Gasteiger charge is -2.20. The summed E-state index contributed by atoms with van der Waals surface area (Å²) in [7, 11) is -3.54. The molecule has 0 fully saturated rings. The monoisotopic (exact) mass is 541 g/mol. The summed E-state index contributed by atoms with van der Waals surface area (Å²) in [5.74, 6) is 5.64. The van der Waals surface area contributed by atoms with Gasteiger partial charge in [-0.05, 0) is 47.6 Å². The number of nitrogens with zero attached hydrogens (tertiary/aromatic N) is 3. The molecule has 3 aromatic rings. The Bertz CT molecular complexity index is 1410. The molecule has 3 rings (SSSR count). The third kappa shape index (κ3) is 7.75. The number of hydrogen-bond acceptors (Lipinski definition) is 9. The average molecular weight is 542 g/mol. The topological polar surface area (TPSA) is 119 Å². The predicted molar refractivity (Wildman–Crippen MR) is 142 cm³/mol. The van der Waals surface area contributed by atoms with Crippen molar-refractivity contribution in [3.05, 3.63) is 53.7 Å². The van der Waals surface area contributed by atoms with Crippen LogP contribution in [-0.4, -0.2) is 51.5 Å². The molecule has 0 amide bonds. The number of benzene rings is 1. The van der Waals surface area contributed by atoms with Gasteiger partial charge in [-0.15, -0.1) is 0 Å². The molecule has 0 aliphatic rings. The van der Waals surface area contributed by atoms with Crippen LogP contribution in [0.5, 0.6) is 5.75 Å². The second kappa shape index (κ2) is 12.4. The third-order valence-electron chi connectivity index (χ3n) is 5.01. The third-order valence-corrected chi connectivity index (χ3v) is 6.76. The van der Waals surface area contributed by atoms with E-state index in [4.69, 9.17) is 18.5 Å². The van der Waals surface area contributed by atoms with Gasteiger partial charge >= 0.3 is 13.6 Å². The van der Waals surface area contributed by atoms with Crippen LogP contribution in [0, 0.1) is 11.8 Å². The van der Waals surface area contributed by atoms with Crippen molar-refractivity contribution in [2.45, 2.75) is 53.7 Å². The average Bonchev–Trinajstić information content (AvgIpc) is 3.18. The number of esters is 1. The molecule has 202 valence electrons. The number of carbonyl (C=O) groups excluding carboxylic acids is 2. The first kappa shape index (κ1) is 29.1. The molecule has 0 radical (unpaired) electrons. The minimum absolute atomic E-state index is 0.122. The number of aromatic nitrogens is 3. The molecule has 10 nitrogen and oxygen atoms in total. The van der Waals surface area contributed by atoms with Gasteiger partial charge in [-0.3, -0.25) is 14.2 Å². The van der Waals surface area contributed by atoms with Crippen molar-refractivity contribution in [2.24, 2.45) is 0 Å². The van der Waals surface area contributed by atoms with Gasteiger partial charge in [0.25, 0.3) is 0 Å². The quantitative estimate of drug-likeness (QED) is 0.152. The van der Waals surface area contributed by atoms with Crippen LogP contribution >= 0.6 is 7.60 Å². The number of rotatable bonds is 10. The number of fused-ring (bicyclic) bond motifs is 1. The molecule has 2 aromatic heterocycles. The Kier molecular flexibility index (Phi) is 9.45. The molecule has 0 saturated heterocycles. The second-order valence-electron chi connectivity index (χ2n) is 9.28. The van der Waals surface area contributed by atoms with Gasteiger partial charge in [0, 0.05) is 35.6 Å². The SMILES string of the molecule is CCOP(=O)(COc1cc2c(cc1C#Cc1cncnc1)c(C(C)=O)cn2CC(=O)OC(C)(C)C)OCC. The van der Waals surface area contributed by atoms with E-state index in [1.165, 1.54) is 13.3 Å². The molecular weight excluding hydrogens is 509 g/mol. The number of ether oxygens (including phenoxy) is 2. The molecule has 11 heteroatoms. The number of ketones is 1. The molecule has 0 aliphatic carbocycles. The summed E-state index contributed by atoms with van der Waals surface area (Å²) < 4.78 is 36.8. The van der Waals surface area contributed by atoms with Crippen molar-refractivity contribution in [3.63, 3.8) is 0 Å². The minimum atomic E-state index is -3.54. The Balaban J connectivity index is 2.13. The van der Waals surface area contributed by atoms with Crippen molar-refractivity contribution in [1.82, 2.24) is 14.5 Å². The van der Waals surface area contributed by atoms with Gasteiger partial charge in [-0.1, -0.05) is 11.8 Å². The lowest BCUT2D eigenvalue weighted by Crippen LogP contribution is -2.26. The van der Waals surface area contributed by atoms with E-state index in [2.05, 4.69) is 21.8 Å². The van der Waals surface area contributed by atoms with Gasteiger partial charge in [-0.2, -0.15) is 0 Å². The molecule has 0 aliphatic heterocycles. The zero-order valence-corrected chi connectivity index (χ0v) is 23.3. The van der Waals surface area contributed by atoms with Crippen LogP contribution in [-0.2, 0) is 29.7 Å². The normalized spacial score (nSPS) is 11.6. The first-order valence-corrected chi connectivity index (χ1v) is 13.8. The molecular formula is C27H32N3O7P. The van der Waals surface area contributed by atoms with E-state index < -0.39 is 19.2 Å². The largest absolute Gasteiger partial charge is 0.480 e. The van der Waals surface area contributed by atoms with E-state index in [1.54, 1.807) is 69.9 Å². The van der Waals surface area contributed by atoms with Crippen LogP contribution in [0.25, 0.3) is 10.9 Å². The van der Waals surface area contributed by atoms with Crippen LogP contribution < -0.4 is 4.74 Å². The first-order chi connectivity index (χ1) is 17.9. The molecule has 0 spiro atoms.